The molecule has 3 N–H and O–H groups in total. The molecule has 0 heterocycles. The van der Waals surface area contributed by atoms with Crippen LogP contribution in [0.15, 0.2) is 24.3 Å². The molecule has 0 bridgehead atoms. The maximum Gasteiger partial charge on any atom is 0.472 e. The number of nitrogens with zero attached hydrogens (tertiary/aromatic N) is 1. The van der Waals surface area contributed by atoms with Gasteiger partial charge in [0.25, 0.3) is 0 Å². The van der Waals surface area contributed by atoms with E-state index in [1.165, 1.54) is 64.2 Å². The van der Waals surface area contributed by atoms with Gasteiger partial charge >= 0.3 is 7.82 Å². The van der Waals surface area contributed by atoms with E-state index in [1.54, 1.807) is 6.08 Å². The Hall–Kier alpha value is -1.02. The molecule has 3 unspecified atom stereocenters. The van der Waals surface area contributed by atoms with Gasteiger partial charge in [0.05, 0.1) is 39.9 Å². The van der Waals surface area contributed by atoms with Crippen LogP contribution in [0.2, 0.25) is 0 Å². The summed E-state index contributed by atoms with van der Waals surface area (Å²) in [5.74, 6) is -0.197. The quantitative estimate of drug-likeness (QED) is 0.0371. The summed E-state index contributed by atoms with van der Waals surface area (Å²) < 4.78 is 23.3. The molecule has 0 aromatic heterocycles. The highest BCUT2D eigenvalue weighted by molar-refractivity contribution is 7.47. The number of carbonyl (C=O) groups excluding carboxylic acids is 1. The van der Waals surface area contributed by atoms with Crippen LogP contribution < -0.4 is 5.32 Å². The standard InChI is InChI=1S/C32H63N2O6P/c1-6-8-10-12-14-16-17-18-19-21-23-25-31(35)30(29-40-41(37,38)39-28-27-34(3,4)5)33-32(36)26-24-22-20-15-13-11-9-7-2/h17-18,23,25,30-31,35H,6-16,19-22,24,26-29H2,1-5H3,(H-,33,36,37,38)/p+1/b18-17+,25-23+. The molecule has 0 aromatic rings. The second-order valence-electron chi connectivity index (χ2n) is 12.2. The lowest BCUT2D eigenvalue weighted by Gasteiger charge is -2.25. The number of allylic oxidation sites excluding steroid dienone is 3. The summed E-state index contributed by atoms with van der Waals surface area (Å²) in [6.45, 7) is 4.69. The maximum atomic E-state index is 12.6. The van der Waals surface area contributed by atoms with Crippen molar-refractivity contribution in [2.45, 2.75) is 135 Å². The van der Waals surface area contributed by atoms with Crippen LogP contribution in [-0.4, -0.2) is 73.4 Å². The number of phosphoric ester groups is 1. The van der Waals surface area contributed by atoms with Crippen LogP contribution in [0.1, 0.15) is 123 Å². The first-order valence-corrected chi connectivity index (χ1v) is 17.7. The van der Waals surface area contributed by atoms with Gasteiger partial charge in [-0.25, -0.2) is 4.57 Å². The van der Waals surface area contributed by atoms with Crippen LogP contribution in [0.3, 0.4) is 0 Å². The predicted octanol–water partition coefficient (Wildman–Crippen LogP) is 7.46. The molecule has 41 heavy (non-hydrogen) atoms. The van der Waals surface area contributed by atoms with Crippen molar-refractivity contribution in [3.8, 4) is 0 Å². The molecule has 0 fully saturated rings. The number of unbranched alkanes of at least 4 members (excludes halogenated alkanes) is 13. The number of carbonyl (C=O) groups is 1. The van der Waals surface area contributed by atoms with Gasteiger partial charge < -0.3 is 19.8 Å². The van der Waals surface area contributed by atoms with Gasteiger partial charge in [0, 0.05) is 6.42 Å². The van der Waals surface area contributed by atoms with E-state index in [4.69, 9.17) is 9.05 Å². The molecule has 0 saturated heterocycles. The minimum Gasteiger partial charge on any atom is -0.387 e. The minimum absolute atomic E-state index is 0.0570. The fourth-order valence-corrected chi connectivity index (χ4v) is 4.97. The third kappa shape index (κ3) is 27.6. The van der Waals surface area contributed by atoms with E-state index in [0.29, 0.717) is 17.4 Å². The zero-order valence-corrected chi connectivity index (χ0v) is 27.9. The molecule has 1 amide bonds. The molecule has 0 aliphatic rings. The number of quaternary nitrogens is 1. The fourth-order valence-electron chi connectivity index (χ4n) is 4.23. The molecule has 0 saturated carbocycles. The highest BCUT2D eigenvalue weighted by atomic mass is 31.2. The van der Waals surface area contributed by atoms with Crippen molar-refractivity contribution in [1.29, 1.82) is 0 Å². The highest BCUT2D eigenvalue weighted by Gasteiger charge is 2.27. The van der Waals surface area contributed by atoms with Crippen molar-refractivity contribution in [2.24, 2.45) is 0 Å². The molecule has 0 aliphatic carbocycles. The van der Waals surface area contributed by atoms with Gasteiger partial charge in [-0.1, -0.05) is 109 Å². The molecule has 9 heteroatoms. The van der Waals surface area contributed by atoms with Gasteiger partial charge in [0.2, 0.25) is 5.91 Å². The summed E-state index contributed by atoms with van der Waals surface area (Å²) in [7, 11) is 1.55. The van der Waals surface area contributed by atoms with Gasteiger partial charge in [-0.2, -0.15) is 0 Å². The average Bonchev–Trinajstić information content (AvgIpc) is 2.90. The number of hydrogen-bond acceptors (Lipinski definition) is 5. The Kier molecular flexibility index (Phi) is 24.8. The summed E-state index contributed by atoms with van der Waals surface area (Å²) in [6, 6.07) is -0.853. The van der Waals surface area contributed by atoms with Crippen LogP contribution in [0, 0.1) is 0 Å². The first-order chi connectivity index (χ1) is 19.5. The topological polar surface area (TPSA) is 105 Å². The Labute approximate surface area is 252 Å². The van der Waals surface area contributed by atoms with Crippen LogP contribution in [0.5, 0.6) is 0 Å². The molecule has 0 aliphatic heterocycles. The van der Waals surface area contributed by atoms with E-state index in [2.05, 4.69) is 31.3 Å². The Balaban J connectivity index is 4.72. The molecular weight excluding hydrogens is 539 g/mol. The molecule has 0 radical (unpaired) electrons. The van der Waals surface area contributed by atoms with Crippen LogP contribution in [0.25, 0.3) is 0 Å². The molecule has 0 rings (SSSR count). The third-order valence-electron chi connectivity index (χ3n) is 6.92. The van der Waals surface area contributed by atoms with E-state index in [1.807, 2.05) is 27.2 Å². The maximum absolute atomic E-state index is 12.6. The first kappa shape index (κ1) is 40.0. The number of aliphatic hydroxyl groups is 1. The average molecular weight is 604 g/mol. The number of hydrogen-bond donors (Lipinski definition) is 3. The van der Waals surface area contributed by atoms with E-state index in [0.717, 1.165) is 38.5 Å². The SMILES string of the molecule is CCCCCCC/C=C/CC/C=C/C(O)C(COP(=O)(O)OCC[N+](C)(C)C)NC(=O)CCCCCCCCCC. The Morgan fingerprint density at radius 2 is 1.34 bits per heavy atom. The minimum atomic E-state index is -4.32. The number of phosphoric acid groups is 1. The van der Waals surface area contributed by atoms with Crippen LogP contribution in [0.4, 0.5) is 0 Å². The lowest BCUT2D eigenvalue weighted by Crippen LogP contribution is -2.45. The molecule has 242 valence electrons. The Bertz CT molecular complexity index is 738. The van der Waals surface area contributed by atoms with Crippen LogP contribution in [-0.2, 0) is 18.4 Å². The van der Waals surface area contributed by atoms with Crippen molar-refractivity contribution < 1.29 is 32.9 Å². The van der Waals surface area contributed by atoms with Crippen LogP contribution >= 0.6 is 7.82 Å². The number of nitrogens with one attached hydrogen (secondary N) is 1. The summed E-state index contributed by atoms with van der Waals surface area (Å²) >= 11 is 0. The highest BCUT2D eigenvalue weighted by Crippen LogP contribution is 2.43. The molecule has 0 aromatic carbocycles. The molecular formula is C32H64N2O6P+. The largest absolute Gasteiger partial charge is 0.472 e. The number of likely N-dealkylation sites (N-methyl/N-ethyl adjacent to an activating group) is 1. The Morgan fingerprint density at radius 1 is 0.805 bits per heavy atom. The lowest BCUT2D eigenvalue weighted by molar-refractivity contribution is -0.870. The smallest absolute Gasteiger partial charge is 0.387 e. The first-order valence-electron chi connectivity index (χ1n) is 16.2. The number of rotatable bonds is 28. The van der Waals surface area contributed by atoms with Crippen molar-refractivity contribution in [3.05, 3.63) is 24.3 Å². The normalized spacial score (nSPS) is 15.4. The summed E-state index contributed by atoms with van der Waals surface area (Å²) in [5, 5.41) is 13.6. The van der Waals surface area contributed by atoms with Crippen molar-refractivity contribution >= 4 is 13.7 Å². The number of amides is 1. The van der Waals surface area contributed by atoms with Gasteiger partial charge in [0.1, 0.15) is 13.2 Å². The zero-order valence-electron chi connectivity index (χ0n) is 27.0. The van der Waals surface area contributed by atoms with E-state index in [9.17, 15) is 19.4 Å². The van der Waals surface area contributed by atoms with E-state index < -0.39 is 20.0 Å². The Morgan fingerprint density at radius 3 is 1.95 bits per heavy atom. The third-order valence-corrected chi connectivity index (χ3v) is 7.91. The van der Waals surface area contributed by atoms with Gasteiger partial charge in [-0.15, -0.1) is 0 Å². The van der Waals surface area contributed by atoms with Gasteiger partial charge in [0.15, 0.2) is 0 Å². The van der Waals surface area contributed by atoms with Crippen molar-refractivity contribution in [1.82, 2.24) is 5.32 Å². The second-order valence-corrected chi connectivity index (χ2v) is 13.6. The summed E-state index contributed by atoms with van der Waals surface area (Å²) in [5.41, 5.74) is 0. The predicted molar refractivity (Wildman–Crippen MR) is 171 cm³/mol. The van der Waals surface area contributed by atoms with Crippen molar-refractivity contribution in [3.63, 3.8) is 0 Å². The molecule has 8 nitrogen and oxygen atoms in total. The van der Waals surface area contributed by atoms with E-state index >= 15 is 0 Å². The fraction of sp³-hybridized carbons (Fsp3) is 0.844. The van der Waals surface area contributed by atoms with Gasteiger partial charge in [-0.3, -0.25) is 13.8 Å². The van der Waals surface area contributed by atoms with Gasteiger partial charge in [-0.05, 0) is 32.1 Å². The lowest BCUT2D eigenvalue weighted by atomic mass is 10.1. The van der Waals surface area contributed by atoms with Crippen molar-refractivity contribution in [2.75, 3.05) is 40.9 Å². The summed E-state index contributed by atoms with van der Waals surface area (Å²) in [4.78, 5) is 22.7. The van der Waals surface area contributed by atoms with E-state index in [-0.39, 0.29) is 19.1 Å². The summed E-state index contributed by atoms with van der Waals surface area (Å²) in [6.07, 6.45) is 25.4. The zero-order chi connectivity index (χ0) is 30.8. The number of aliphatic hydroxyl groups excluding tert-OH is 1. The second kappa shape index (κ2) is 25.5. The molecule has 0 spiro atoms. The monoisotopic (exact) mass is 603 g/mol. The molecule has 3 atom stereocenters.